The van der Waals surface area contributed by atoms with E-state index >= 15 is 0 Å². The summed E-state index contributed by atoms with van der Waals surface area (Å²) in [6.07, 6.45) is 2.41. The second-order valence-electron chi connectivity index (χ2n) is 15.7. The van der Waals surface area contributed by atoms with Crippen molar-refractivity contribution in [2.75, 3.05) is 277 Å². The summed E-state index contributed by atoms with van der Waals surface area (Å²) in [7, 11) is 0. The average molecular weight is 1120 g/mol. The fraction of sp³-hybridized carbons (Fsp3) is 0.880. The van der Waals surface area contributed by atoms with Gasteiger partial charge >= 0.3 is 5.97 Å². The predicted molar refractivity (Wildman–Crippen MR) is 272 cm³/mol. The maximum Gasteiger partial charge on any atom is 0.305 e. The van der Waals surface area contributed by atoms with E-state index in [9.17, 15) is 19.2 Å². The van der Waals surface area contributed by atoms with Gasteiger partial charge in [-0.15, -0.1) is 0 Å². The molecule has 0 fully saturated rings. The van der Waals surface area contributed by atoms with Crippen molar-refractivity contribution >= 4 is 23.7 Å². The minimum absolute atomic E-state index is 0.0118. The molecule has 0 aromatic carbocycles. The van der Waals surface area contributed by atoms with Crippen LogP contribution >= 0.6 is 0 Å². The summed E-state index contributed by atoms with van der Waals surface area (Å²) in [6.45, 7) is 18.2. The Kier molecular flexibility index (Phi) is 56.7. The number of ether oxygens (including phenoxy) is 20. The Balaban J connectivity index is 1.60. The summed E-state index contributed by atoms with van der Waals surface area (Å²) in [4.78, 5) is 46.2. The number of amides is 3. The smallest absolute Gasteiger partial charge is 0.305 e. The molecule has 0 aromatic rings. The summed E-state index contributed by atoms with van der Waals surface area (Å²) < 4.78 is 109. The predicted octanol–water partition coefficient (Wildman–Crippen LogP) is -0.776. The van der Waals surface area contributed by atoms with Crippen molar-refractivity contribution in [1.29, 1.82) is 0 Å². The molecule has 0 atom stereocenters. The third-order valence-electron chi connectivity index (χ3n) is 9.56. The van der Waals surface area contributed by atoms with Crippen molar-refractivity contribution in [1.82, 2.24) is 10.2 Å². The Morgan fingerprint density at radius 2 is 0.481 bits per heavy atom. The molecular weight excluding hydrogens is 1030 g/mol. The fourth-order valence-corrected chi connectivity index (χ4v) is 5.66. The number of carbonyl (C=O) groups excluding carboxylic acids is 3. The van der Waals surface area contributed by atoms with Gasteiger partial charge in [-0.1, -0.05) is 0 Å². The molecule has 3 amide bonds. The lowest BCUT2D eigenvalue weighted by Gasteiger charge is -2.13. The van der Waals surface area contributed by atoms with Crippen LogP contribution in [0.2, 0.25) is 0 Å². The third-order valence-corrected chi connectivity index (χ3v) is 9.56. The first-order valence-electron chi connectivity index (χ1n) is 26.6. The molecule has 2 N–H and O–H groups in total. The second-order valence-corrected chi connectivity index (χ2v) is 15.7. The van der Waals surface area contributed by atoms with Crippen molar-refractivity contribution in [3.63, 3.8) is 0 Å². The van der Waals surface area contributed by atoms with E-state index in [4.69, 9.17) is 99.8 Å². The molecule has 0 radical (unpaired) electrons. The summed E-state index contributed by atoms with van der Waals surface area (Å²) in [5.41, 5.74) is 0. The summed E-state index contributed by atoms with van der Waals surface area (Å²) >= 11 is 0. The van der Waals surface area contributed by atoms with E-state index in [-0.39, 0.29) is 31.9 Å². The largest absolute Gasteiger partial charge is 0.481 e. The number of aliphatic carboxylic acids is 1. The standard InChI is InChI=1S/C50H92N2O25/c53-47(3-6-52-48(54)1-2-49(52)55)51-5-8-59-10-12-61-14-16-63-18-20-65-22-24-67-26-28-69-30-32-71-34-36-73-38-40-75-42-44-77-46-45-76-43-41-74-39-37-72-35-33-70-31-29-68-27-25-66-23-21-64-19-17-62-15-13-60-11-9-58-7-4-50(56)57/h1-2H,3-46H2,(H,51,53)(H,56,57). The van der Waals surface area contributed by atoms with Gasteiger partial charge in [0.25, 0.3) is 11.8 Å². The minimum Gasteiger partial charge on any atom is -0.481 e. The van der Waals surface area contributed by atoms with E-state index in [1.54, 1.807) is 0 Å². The molecule has 77 heavy (non-hydrogen) atoms. The first-order valence-corrected chi connectivity index (χ1v) is 26.6. The van der Waals surface area contributed by atoms with Crippen LogP contribution in [0.15, 0.2) is 12.2 Å². The molecule has 0 unspecified atom stereocenters. The molecule has 1 aliphatic heterocycles. The van der Waals surface area contributed by atoms with Crippen LogP contribution in [0.5, 0.6) is 0 Å². The maximum atomic E-state index is 11.8. The number of nitrogens with one attached hydrogen (secondary N) is 1. The van der Waals surface area contributed by atoms with E-state index in [0.717, 1.165) is 4.90 Å². The van der Waals surface area contributed by atoms with Crippen LogP contribution in [0.3, 0.4) is 0 Å². The number of carboxylic acids is 1. The van der Waals surface area contributed by atoms with Gasteiger partial charge in [-0.25, -0.2) is 0 Å². The van der Waals surface area contributed by atoms with E-state index in [1.807, 2.05) is 0 Å². The molecule has 0 saturated carbocycles. The Labute approximate surface area is 454 Å². The lowest BCUT2D eigenvalue weighted by Crippen LogP contribution is -2.35. The molecule has 1 rings (SSSR count). The summed E-state index contributed by atoms with van der Waals surface area (Å²) in [6, 6.07) is 0. The zero-order valence-electron chi connectivity index (χ0n) is 45.5. The van der Waals surface area contributed by atoms with Gasteiger partial charge in [0.1, 0.15) is 0 Å². The normalized spacial score (nSPS) is 12.5. The highest BCUT2D eigenvalue weighted by molar-refractivity contribution is 6.13. The number of nitrogens with zero attached hydrogens (tertiary/aromatic N) is 1. The van der Waals surface area contributed by atoms with E-state index in [1.165, 1.54) is 12.2 Å². The third kappa shape index (κ3) is 56.1. The number of hydrogen-bond acceptors (Lipinski definition) is 24. The van der Waals surface area contributed by atoms with Crippen LogP contribution < -0.4 is 5.32 Å². The van der Waals surface area contributed by atoms with Crippen LogP contribution in [0, 0.1) is 0 Å². The molecular formula is C50H92N2O25. The lowest BCUT2D eigenvalue weighted by atomic mass is 10.3. The van der Waals surface area contributed by atoms with Gasteiger partial charge in [0.2, 0.25) is 5.91 Å². The van der Waals surface area contributed by atoms with Crippen molar-refractivity contribution < 1.29 is 119 Å². The van der Waals surface area contributed by atoms with Crippen LogP contribution in [0.25, 0.3) is 0 Å². The molecule has 1 heterocycles. The number of imide groups is 1. The molecule has 27 heteroatoms. The first-order chi connectivity index (χ1) is 38.0. The highest BCUT2D eigenvalue weighted by atomic mass is 16.6. The van der Waals surface area contributed by atoms with Crippen molar-refractivity contribution in [2.24, 2.45) is 0 Å². The van der Waals surface area contributed by atoms with Gasteiger partial charge in [-0.05, 0) is 0 Å². The SMILES string of the molecule is O=C(O)CCOCCOCCOCCOCCOCCOCCOCCOCCOCCOCCOCCOCCOCCOCCOCCOCCOCCOCCOCCOCCNC(=O)CCN1C(=O)C=CC1=O. The van der Waals surface area contributed by atoms with Gasteiger partial charge in [-0.2, -0.15) is 0 Å². The molecule has 452 valence electrons. The van der Waals surface area contributed by atoms with Gasteiger partial charge in [0.05, 0.1) is 271 Å². The topological polar surface area (TPSA) is 288 Å². The van der Waals surface area contributed by atoms with Crippen LogP contribution in [-0.4, -0.2) is 311 Å². The van der Waals surface area contributed by atoms with Gasteiger partial charge in [-0.3, -0.25) is 24.1 Å². The molecule has 0 aromatic heterocycles. The maximum absolute atomic E-state index is 11.8. The zero-order chi connectivity index (χ0) is 55.3. The summed E-state index contributed by atoms with van der Waals surface area (Å²) in [5, 5.41) is 11.2. The Bertz CT molecular complexity index is 1320. The molecule has 0 aliphatic carbocycles. The number of hydrogen-bond donors (Lipinski definition) is 2. The van der Waals surface area contributed by atoms with Gasteiger partial charge in [0, 0.05) is 31.7 Å². The quantitative estimate of drug-likeness (QED) is 0.0558. The molecule has 0 saturated heterocycles. The Morgan fingerprint density at radius 1 is 0.299 bits per heavy atom. The van der Waals surface area contributed by atoms with Crippen LogP contribution in [-0.2, 0) is 114 Å². The molecule has 1 aliphatic rings. The second kappa shape index (κ2) is 60.7. The molecule has 0 bridgehead atoms. The average Bonchev–Trinajstić information content (AvgIpc) is 3.75. The van der Waals surface area contributed by atoms with Gasteiger partial charge in [0.15, 0.2) is 0 Å². The van der Waals surface area contributed by atoms with E-state index in [0.29, 0.717) is 264 Å². The molecule has 27 nitrogen and oxygen atoms in total. The highest BCUT2D eigenvalue weighted by Gasteiger charge is 2.23. The summed E-state index contributed by atoms with van der Waals surface area (Å²) in [5.74, 6) is -1.95. The van der Waals surface area contributed by atoms with E-state index < -0.39 is 17.8 Å². The Hall–Kier alpha value is -2.98. The highest BCUT2D eigenvalue weighted by Crippen LogP contribution is 2.04. The zero-order valence-corrected chi connectivity index (χ0v) is 45.5. The minimum atomic E-state index is -0.882. The van der Waals surface area contributed by atoms with Gasteiger partial charge < -0.3 is 105 Å². The first kappa shape index (κ1) is 72.0. The van der Waals surface area contributed by atoms with E-state index in [2.05, 4.69) is 5.32 Å². The Morgan fingerprint density at radius 3 is 0.675 bits per heavy atom. The number of carbonyl (C=O) groups is 4. The van der Waals surface area contributed by atoms with Crippen LogP contribution in [0.4, 0.5) is 0 Å². The van der Waals surface area contributed by atoms with Crippen LogP contribution in [0.1, 0.15) is 12.8 Å². The van der Waals surface area contributed by atoms with Crippen molar-refractivity contribution in [3.8, 4) is 0 Å². The number of rotatable bonds is 66. The fourth-order valence-electron chi connectivity index (χ4n) is 5.66. The van der Waals surface area contributed by atoms with Crippen molar-refractivity contribution in [3.05, 3.63) is 12.2 Å². The molecule has 0 spiro atoms. The number of carboxylic acid groups (broad SMARTS) is 1. The lowest BCUT2D eigenvalue weighted by molar-refractivity contribution is -0.139. The monoisotopic (exact) mass is 1120 g/mol. The van der Waals surface area contributed by atoms with Crippen molar-refractivity contribution in [2.45, 2.75) is 12.8 Å².